The second-order valence-corrected chi connectivity index (χ2v) is 4.37. The number of benzene rings is 1. The Hall–Kier alpha value is -1.06. The van der Waals surface area contributed by atoms with Crippen LogP contribution in [0.2, 0.25) is 5.02 Å². The van der Waals surface area contributed by atoms with E-state index in [0.29, 0.717) is 10.8 Å². The lowest BCUT2D eigenvalue weighted by atomic mass is 10.3. The number of fused-ring (bicyclic) bond motifs is 1. The Labute approximate surface area is 99.7 Å². The van der Waals surface area contributed by atoms with E-state index in [1.54, 1.807) is 6.92 Å². The fraction of sp³-hybridized carbons (Fsp3) is 0.417. The van der Waals surface area contributed by atoms with E-state index in [-0.39, 0.29) is 0 Å². The Balaban J connectivity index is 2.65. The molecule has 0 fully saturated rings. The van der Waals surface area contributed by atoms with Crippen LogP contribution in [-0.2, 0) is 6.54 Å². The molecule has 0 amide bonds. The minimum atomic E-state index is -0.558. The highest BCUT2D eigenvalue weighted by Gasteiger charge is 2.14. The zero-order valence-electron chi connectivity index (χ0n) is 9.44. The molecule has 0 aliphatic carbocycles. The van der Waals surface area contributed by atoms with Gasteiger partial charge in [-0.05, 0) is 31.5 Å². The Kier molecular flexibility index (Phi) is 3.17. The molecule has 0 aliphatic heterocycles. The van der Waals surface area contributed by atoms with Gasteiger partial charge in [0.25, 0.3) is 0 Å². The van der Waals surface area contributed by atoms with Gasteiger partial charge in [-0.15, -0.1) is 0 Å². The summed E-state index contributed by atoms with van der Waals surface area (Å²) in [6.07, 6.45) is 0.450. The summed E-state index contributed by atoms with van der Waals surface area (Å²) in [7, 11) is 0. The molecule has 0 bridgehead atoms. The van der Waals surface area contributed by atoms with Crippen molar-refractivity contribution >= 4 is 22.6 Å². The molecule has 0 aliphatic rings. The van der Waals surface area contributed by atoms with Crippen molar-refractivity contribution in [1.29, 1.82) is 0 Å². The largest absolute Gasteiger partial charge is 0.385 e. The van der Waals surface area contributed by atoms with Crippen LogP contribution in [0.3, 0.4) is 0 Å². The summed E-state index contributed by atoms with van der Waals surface area (Å²) in [5, 5.41) is 10.4. The van der Waals surface area contributed by atoms with Crippen molar-refractivity contribution in [3.8, 4) is 0 Å². The topological polar surface area (TPSA) is 38.0 Å². The van der Waals surface area contributed by atoms with Gasteiger partial charge >= 0.3 is 0 Å². The summed E-state index contributed by atoms with van der Waals surface area (Å²) in [6, 6.07) is 5.63. The lowest BCUT2D eigenvalue weighted by Crippen LogP contribution is -2.06. The first-order valence-corrected chi connectivity index (χ1v) is 5.85. The van der Waals surface area contributed by atoms with Gasteiger partial charge in [0.2, 0.25) is 0 Å². The first-order valence-electron chi connectivity index (χ1n) is 5.47. The second kappa shape index (κ2) is 4.44. The second-order valence-electron chi connectivity index (χ2n) is 3.93. The minimum absolute atomic E-state index is 0.558. The van der Waals surface area contributed by atoms with E-state index in [9.17, 15) is 5.11 Å². The van der Waals surface area contributed by atoms with E-state index in [1.807, 2.05) is 18.2 Å². The van der Waals surface area contributed by atoms with E-state index in [0.717, 1.165) is 24.0 Å². The van der Waals surface area contributed by atoms with Crippen LogP contribution in [0.4, 0.5) is 0 Å². The maximum atomic E-state index is 9.69. The van der Waals surface area contributed by atoms with Crippen LogP contribution >= 0.6 is 11.6 Å². The number of halogens is 1. The van der Waals surface area contributed by atoms with Crippen LogP contribution in [-0.4, -0.2) is 14.7 Å². The number of aliphatic hydroxyl groups is 1. The van der Waals surface area contributed by atoms with E-state index in [1.165, 1.54) is 0 Å². The van der Waals surface area contributed by atoms with Gasteiger partial charge in [-0.2, -0.15) is 0 Å². The molecule has 1 atom stereocenters. The van der Waals surface area contributed by atoms with Crippen LogP contribution < -0.4 is 0 Å². The van der Waals surface area contributed by atoms with Crippen molar-refractivity contribution in [2.75, 3.05) is 0 Å². The number of aliphatic hydroxyl groups excluding tert-OH is 1. The molecular formula is C12H15ClN2O. The first kappa shape index (κ1) is 11.4. The number of aryl methyl sites for hydroxylation is 1. The normalized spacial score (nSPS) is 13.2. The van der Waals surface area contributed by atoms with Crippen molar-refractivity contribution in [2.24, 2.45) is 0 Å². The number of nitrogens with zero attached hydrogens (tertiary/aromatic N) is 2. The van der Waals surface area contributed by atoms with Crippen LogP contribution in [0.25, 0.3) is 11.0 Å². The molecule has 1 heterocycles. The number of hydrogen-bond acceptors (Lipinski definition) is 2. The maximum absolute atomic E-state index is 9.69. The molecular weight excluding hydrogens is 224 g/mol. The van der Waals surface area contributed by atoms with Crippen molar-refractivity contribution in [2.45, 2.75) is 32.9 Å². The van der Waals surface area contributed by atoms with E-state index >= 15 is 0 Å². The molecule has 0 spiro atoms. The molecule has 1 N–H and O–H groups in total. The number of aromatic nitrogens is 2. The monoisotopic (exact) mass is 238 g/mol. The van der Waals surface area contributed by atoms with Crippen molar-refractivity contribution in [3.05, 3.63) is 29.0 Å². The van der Waals surface area contributed by atoms with Crippen LogP contribution in [0.15, 0.2) is 18.2 Å². The van der Waals surface area contributed by atoms with Gasteiger partial charge in [0.05, 0.1) is 11.0 Å². The molecule has 16 heavy (non-hydrogen) atoms. The summed E-state index contributed by atoms with van der Waals surface area (Å²) in [5.74, 6) is 0.708. The molecule has 0 saturated carbocycles. The highest BCUT2D eigenvalue weighted by atomic mass is 35.5. The molecule has 3 nitrogen and oxygen atoms in total. The van der Waals surface area contributed by atoms with Gasteiger partial charge in [-0.3, -0.25) is 0 Å². The molecule has 0 radical (unpaired) electrons. The zero-order valence-corrected chi connectivity index (χ0v) is 10.2. The molecule has 0 saturated heterocycles. The zero-order chi connectivity index (χ0) is 11.7. The Bertz CT molecular complexity index is 505. The van der Waals surface area contributed by atoms with Gasteiger partial charge in [-0.25, -0.2) is 4.98 Å². The number of hydrogen-bond donors (Lipinski definition) is 1. The van der Waals surface area contributed by atoms with Crippen LogP contribution in [0.1, 0.15) is 32.2 Å². The molecule has 2 rings (SSSR count). The van der Waals surface area contributed by atoms with E-state index in [4.69, 9.17) is 11.6 Å². The Morgan fingerprint density at radius 2 is 2.25 bits per heavy atom. The van der Waals surface area contributed by atoms with Crippen LogP contribution in [0, 0.1) is 0 Å². The highest BCUT2D eigenvalue weighted by molar-refractivity contribution is 6.31. The third-order valence-corrected chi connectivity index (χ3v) is 2.80. The van der Waals surface area contributed by atoms with E-state index < -0.39 is 6.10 Å². The fourth-order valence-corrected chi connectivity index (χ4v) is 2.07. The predicted molar refractivity (Wildman–Crippen MR) is 65.7 cm³/mol. The fourth-order valence-electron chi connectivity index (χ4n) is 1.90. The molecule has 1 aromatic carbocycles. The van der Waals surface area contributed by atoms with Gasteiger partial charge in [0, 0.05) is 11.6 Å². The quantitative estimate of drug-likeness (QED) is 0.892. The molecule has 86 valence electrons. The summed E-state index contributed by atoms with van der Waals surface area (Å²) >= 11 is 5.93. The lowest BCUT2D eigenvalue weighted by Gasteiger charge is -2.09. The number of imidazole rings is 1. The van der Waals surface area contributed by atoms with Crippen molar-refractivity contribution in [3.63, 3.8) is 0 Å². The van der Waals surface area contributed by atoms with Gasteiger partial charge in [0.1, 0.15) is 11.9 Å². The third-order valence-electron chi connectivity index (χ3n) is 2.56. The SMILES string of the molecule is CCCn1c([C@@H](C)O)nc2cc(Cl)ccc21. The lowest BCUT2D eigenvalue weighted by molar-refractivity contribution is 0.184. The third kappa shape index (κ3) is 1.93. The summed E-state index contributed by atoms with van der Waals surface area (Å²) in [4.78, 5) is 4.42. The molecule has 0 unspecified atom stereocenters. The highest BCUT2D eigenvalue weighted by Crippen LogP contribution is 2.23. The van der Waals surface area contributed by atoms with Crippen molar-refractivity contribution in [1.82, 2.24) is 9.55 Å². The van der Waals surface area contributed by atoms with Gasteiger partial charge < -0.3 is 9.67 Å². The van der Waals surface area contributed by atoms with Crippen LogP contribution in [0.5, 0.6) is 0 Å². The first-order chi connectivity index (χ1) is 7.63. The van der Waals surface area contributed by atoms with Crippen molar-refractivity contribution < 1.29 is 5.11 Å². The Morgan fingerprint density at radius 3 is 2.88 bits per heavy atom. The average molecular weight is 239 g/mol. The molecule has 2 aromatic rings. The Morgan fingerprint density at radius 1 is 1.50 bits per heavy atom. The number of rotatable bonds is 3. The average Bonchev–Trinajstić information content (AvgIpc) is 2.57. The van der Waals surface area contributed by atoms with Gasteiger partial charge in [0.15, 0.2) is 0 Å². The molecule has 4 heteroatoms. The smallest absolute Gasteiger partial charge is 0.138 e. The molecule has 1 aromatic heterocycles. The standard InChI is InChI=1S/C12H15ClN2O/c1-3-6-15-11-5-4-9(13)7-10(11)14-12(15)8(2)16/h4-5,7-8,16H,3,6H2,1-2H3/t8-/m1/s1. The summed E-state index contributed by atoms with van der Waals surface area (Å²) in [5.41, 5.74) is 1.87. The maximum Gasteiger partial charge on any atom is 0.138 e. The predicted octanol–water partition coefficient (Wildman–Crippen LogP) is 3.15. The summed E-state index contributed by atoms with van der Waals surface area (Å²) < 4.78 is 2.05. The van der Waals surface area contributed by atoms with E-state index in [2.05, 4.69) is 16.5 Å². The minimum Gasteiger partial charge on any atom is -0.385 e. The summed E-state index contributed by atoms with van der Waals surface area (Å²) in [6.45, 7) is 4.70. The van der Waals surface area contributed by atoms with Gasteiger partial charge in [-0.1, -0.05) is 18.5 Å².